The fourth-order valence-corrected chi connectivity index (χ4v) is 2.72. The van der Waals surface area contributed by atoms with Gasteiger partial charge in [0.15, 0.2) is 5.82 Å². The molecule has 3 aromatic rings. The van der Waals surface area contributed by atoms with Crippen molar-refractivity contribution in [1.29, 1.82) is 0 Å². The summed E-state index contributed by atoms with van der Waals surface area (Å²) < 4.78 is 0. The molecule has 0 aliphatic carbocycles. The smallest absolute Gasteiger partial charge is 0.158 e. The summed E-state index contributed by atoms with van der Waals surface area (Å²) in [5, 5.41) is 5.18. The number of hydrogen-bond acceptors (Lipinski definition) is 6. The summed E-state index contributed by atoms with van der Waals surface area (Å²) in [6.07, 6.45) is 5.95. The molecule has 0 radical (unpaired) electrons. The minimum atomic E-state index is 0.720. The van der Waals surface area contributed by atoms with Crippen molar-refractivity contribution in [3.05, 3.63) is 47.4 Å². The summed E-state index contributed by atoms with van der Waals surface area (Å²) >= 11 is 1.69. The molecular formula is C14H13N5S. The van der Waals surface area contributed by atoms with Crippen LogP contribution in [0.1, 0.15) is 17.5 Å². The van der Waals surface area contributed by atoms with E-state index in [9.17, 15) is 0 Å². The standard InChI is InChI=1S/C14H13N5S/c1-2-11-7-12-13(16-9-17-14(12)20-11)19-18-8-10-5-3-4-6-15-10/h3-9H,2H2,1H3,(H,16,17,19)/b18-8+. The molecule has 3 aromatic heterocycles. The number of nitrogens with zero attached hydrogens (tertiary/aromatic N) is 4. The highest BCUT2D eigenvalue weighted by atomic mass is 32.1. The van der Waals surface area contributed by atoms with Crippen molar-refractivity contribution in [3.63, 3.8) is 0 Å². The van der Waals surface area contributed by atoms with Gasteiger partial charge in [0.25, 0.3) is 0 Å². The lowest BCUT2D eigenvalue weighted by atomic mass is 10.3. The third-order valence-corrected chi connectivity index (χ3v) is 3.97. The van der Waals surface area contributed by atoms with Gasteiger partial charge in [0.05, 0.1) is 17.3 Å². The number of pyridine rings is 1. The van der Waals surface area contributed by atoms with Crippen molar-refractivity contribution in [2.75, 3.05) is 5.43 Å². The molecule has 0 aliphatic rings. The van der Waals surface area contributed by atoms with Crippen LogP contribution in [0.5, 0.6) is 0 Å². The van der Waals surface area contributed by atoms with Crippen molar-refractivity contribution in [1.82, 2.24) is 15.0 Å². The molecule has 20 heavy (non-hydrogen) atoms. The average Bonchev–Trinajstić information content (AvgIpc) is 2.92. The molecule has 5 nitrogen and oxygen atoms in total. The topological polar surface area (TPSA) is 63.1 Å². The van der Waals surface area contributed by atoms with E-state index >= 15 is 0 Å². The number of fused-ring (bicyclic) bond motifs is 1. The second kappa shape index (κ2) is 5.75. The van der Waals surface area contributed by atoms with Gasteiger partial charge in [-0.15, -0.1) is 11.3 Å². The second-order valence-corrected chi connectivity index (χ2v) is 5.25. The molecule has 3 heterocycles. The zero-order chi connectivity index (χ0) is 13.8. The second-order valence-electron chi connectivity index (χ2n) is 4.13. The number of rotatable bonds is 4. The predicted molar refractivity (Wildman–Crippen MR) is 82.2 cm³/mol. The van der Waals surface area contributed by atoms with Gasteiger partial charge in [0, 0.05) is 11.1 Å². The Labute approximate surface area is 120 Å². The van der Waals surface area contributed by atoms with Crippen molar-refractivity contribution < 1.29 is 0 Å². The summed E-state index contributed by atoms with van der Waals surface area (Å²) in [6, 6.07) is 7.79. The highest BCUT2D eigenvalue weighted by molar-refractivity contribution is 7.18. The lowest BCUT2D eigenvalue weighted by Crippen LogP contribution is -1.95. The summed E-state index contributed by atoms with van der Waals surface area (Å²) in [6.45, 7) is 2.13. The fraction of sp³-hybridized carbons (Fsp3) is 0.143. The quantitative estimate of drug-likeness (QED) is 0.590. The van der Waals surface area contributed by atoms with E-state index in [0.29, 0.717) is 0 Å². The number of thiophene rings is 1. The van der Waals surface area contributed by atoms with Crippen LogP contribution < -0.4 is 5.43 Å². The normalized spacial score (nSPS) is 11.2. The number of anilines is 1. The van der Waals surface area contributed by atoms with Crippen LogP contribution in [0, 0.1) is 0 Å². The molecule has 0 aromatic carbocycles. The summed E-state index contributed by atoms with van der Waals surface area (Å²) in [4.78, 5) is 15.0. The van der Waals surface area contributed by atoms with Crippen molar-refractivity contribution in [2.24, 2.45) is 5.10 Å². The minimum Gasteiger partial charge on any atom is -0.261 e. The number of nitrogens with one attached hydrogen (secondary N) is 1. The number of hydrazone groups is 1. The van der Waals surface area contributed by atoms with E-state index in [0.717, 1.165) is 28.1 Å². The third kappa shape index (κ3) is 2.65. The van der Waals surface area contributed by atoms with E-state index in [1.165, 1.54) is 4.88 Å². The molecule has 0 saturated carbocycles. The van der Waals surface area contributed by atoms with Crippen LogP contribution in [-0.4, -0.2) is 21.2 Å². The lowest BCUT2D eigenvalue weighted by molar-refractivity contribution is 1.18. The van der Waals surface area contributed by atoms with Crippen LogP contribution in [0.15, 0.2) is 41.9 Å². The van der Waals surface area contributed by atoms with Crippen LogP contribution in [-0.2, 0) is 6.42 Å². The van der Waals surface area contributed by atoms with E-state index in [-0.39, 0.29) is 0 Å². The maximum absolute atomic E-state index is 4.28. The molecular weight excluding hydrogens is 270 g/mol. The van der Waals surface area contributed by atoms with Gasteiger partial charge < -0.3 is 0 Å². The zero-order valence-electron chi connectivity index (χ0n) is 10.9. The largest absolute Gasteiger partial charge is 0.261 e. The van der Waals surface area contributed by atoms with Crippen molar-refractivity contribution in [2.45, 2.75) is 13.3 Å². The Balaban J connectivity index is 1.84. The minimum absolute atomic E-state index is 0.720. The molecule has 1 N–H and O–H groups in total. The Kier molecular flexibility index (Phi) is 3.64. The summed E-state index contributed by atoms with van der Waals surface area (Å²) in [5.41, 5.74) is 3.75. The van der Waals surface area contributed by atoms with Crippen LogP contribution in [0.4, 0.5) is 5.82 Å². The first-order valence-electron chi connectivity index (χ1n) is 6.30. The Bertz CT molecular complexity index is 736. The zero-order valence-corrected chi connectivity index (χ0v) is 11.8. The first kappa shape index (κ1) is 12.7. The van der Waals surface area contributed by atoms with Gasteiger partial charge in [-0.2, -0.15) is 5.10 Å². The Morgan fingerprint density at radius 3 is 3.05 bits per heavy atom. The van der Waals surface area contributed by atoms with E-state index in [1.807, 2.05) is 18.2 Å². The average molecular weight is 283 g/mol. The first-order valence-corrected chi connectivity index (χ1v) is 7.12. The Hall–Kier alpha value is -2.34. The van der Waals surface area contributed by atoms with Crippen LogP contribution in [0.25, 0.3) is 10.2 Å². The maximum Gasteiger partial charge on any atom is 0.158 e. The van der Waals surface area contributed by atoms with E-state index < -0.39 is 0 Å². The lowest BCUT2D eigenvalue weighted by Gasteiger charge is -1.99. The maximum atomic E-state index is 4.28. The van der Waals surface area contributed by atoms with Crippen LogP contribution >= 0.6 is 11.3 Å². The van der Waals surface area contributed by atoms with E-state index in [1.54, 1.807) is 30.1 Å². The Morgan fingerprint density at radius 1 is 1.30 bits per heavy atom. The molecule has 0 amide bonds. The van der Waals surface area contributed by atoms with E-state index in [4.69, 9.17) is 0 Å². The van der Waals surface area contributed by atoms with Gasteiger partial charge in [-0.25, -0.2) is 9.97 Å². The third-order valence-electron chi connectivity index (χ3n) is 2.78. The molecule has 0 bridgehead atoms. The van der Waals surface area contributed by atoms with Gasteiger partial charge in [-0.1, -0.05) is 13.0 Å². The van der Waals surface area contributed by atoms with Gasteiger partial charge >= 0.3 is 0 Å². The molecule has 0 atom stereocenters. The molecule has 100 valence electrons. The van der Waals surface area contributed by atoms with Crippen LogP contribution in [0.3, 0.4) is 0 Å². The summed E-state index contributed by atoms with van der Waals surface area (Å²) in [7, 11) is 0. The summed E-state index contributed by atoms with van der Waals surface area (Å²) in [5.74, 6) is 0.720. The molecule has 3 rings (SSSR count). The first-order chi connectivity index (χ1) is 9.86. The van der Waals surface area contributed by atoms with Gasteiger partial charge in [0.1, 0.15) is 11.2 Å². The monoisotopic (exact) mass is 283 g/mol. The van der Waals surface area contributed by atoms with E-state index in [2.05, 4.69) is 38.5 Å². The molecule has 0 fully saturated rings. The van der Waals surface area contributed by atoms with Crippen molar-refractivity contribution >= 4 is 33.6 Å². The molecule has 0 saturated heterocycles. The Morgan fingerprint density at radius 2 is 2.25 bits per heavy atom. The number of aryl methyl sites for hydroxylation is 1. The van der Waals surface area contributed by atoms with Gasteiger partial charge in [-0.3, -0.25) is 10.4 Å². The highest BCUT2D eigenvalue weighted by Crippen LogP contribution is 2.28. The highest BCUT2D eigenvalue weighted by Gasteiger charge is 2.06. The number of aromatic nitrogens is 3. The molecule has 0 unspecified atom stereocenters. The van der Waals surface area contributed by atoms with Crippen molar-refractivity contribution in [3.8, 4) is 0 Å². The fourth-order valence-electron chi connectivity index (χ4n) is 1.78. The molecule has 6 heteroatoms. The molecule has 0 spiro atoms. The van der Waals surface area contributed by atoms with Gasteiger partial charge in [-0.05, 0) is 24.6 Å². The van der Waals surface area contributed by atoms with Gasteiger partial charge in [0.2, 0.25) is 0 Å². The molecule has 0 aliphatic heterocycles. The number of hydrogen-bond donors (Lipinski definition) is 1. The predicted octanol–water partition coefficient (Wildman–Crippen LogP) is 3.09. The van der Waals surface area contributed by atoms with Crippen LogP contribution in [0.2, 0.25) is 0 Å². The SMILES string of the molecule is CCc1cc2c(N/N=C/c3ccccn3)ncnc2s1.